The molecule has 8 heteroatoms. The number of benzene rings is 1. The van der Waals surface area contributed by atoms with Crippen LogP contribution in [0.3, 0.4) is 0 Å². The normalized spacial score (nSPS) is 11.0. The number of imidazole rings is 1. The van der Waals surface area contributed by atoms with Gasteiger partial charge in [0.05, 0.1) is 18.4 Å². The molecule has 6 nitrogen and oxygen atoms in total. The van der Waals surface area contributed by atoms with Crippen molar-refractivity contribution in [2.75, 3.05) is 14.2 Å². The Morgan fingerprint density at radius 3 is 2.56 bits per heavy atom. The number of carbonyl (C=O) groups is 1. The molecule has 0 atom stereocenters. The third kappa shape index (κ3) is 3.48. The fourth-order valence-corrected chi connectivity index (χ4v) is 2.77. The number of hydrogen-bond acceptors (Lipinski definition) is 4. The van der Waals surface area contributed by atoms with Crippen molar-refractivity contribution in [3.05, 3.63) is 64.6 Å². The molecular weight excluding hydrogens is 356 g/mol. The summed E-state index contributed by atoms with van der Waals surface area (Å²) < 4.78 is 34.9. The number of rotatable bonds is 5. The third-order valence-electron chi connectivity index (χ3n) is 4.19. The first kappa shape index (κ1) is 18.8. The molecule has 1 amide bonds. The molecule has 0 aliphatic heterocycles. The molecule has 3 aromatic rings. The molecule has 3 rings (SSSR count). The standard InChI is InChI=1S/C19H19F2N3O3/c1-11-8-16(27-10-13-14(20)6-5-7-15(13)21)18-22-12(2)17(24(18)9-11)19(25)23(3)26-4/h5-9H,10H2,1-4H3. The molecule has 0 saturated carbocycles. The van der Waals surface area contributed by atoms with Crippen LogP contribution in [0.25, 0.3) is 5.65 Å². The van der Waals surface area contributed by atoms with Crippen molar-refractivity contribution in [1.82, 2.24) is 14.4 Å². The maximum atomic E-state index is 13.8. The lowest BCUT2D eigenvalue weighted by molar-refractivity contribution is -0.0761. The molecule has 0 bridgehead atoms. The van der Waals surface area contributed by atoms with Crippen LogP contribution in [-0.4, -0.2) is 34.5 Å². The number of amides is 1. The van der Waals surface area contributed by atoms with Gasteiger partial charge in [0, 0.05) is 13.2 Å². The molecule has 0 fully saturated rings. The van der Waals surface area contributed by atoms with Gasteiger partial charge in [-0.25, -0.2) is 18.8 Å². The minimum Gasteiger partial charge on any atom is -0.485 e. The highest BCUT2D eigenvalue weighted by Crippen LogP contribution is 2.26. The van der Waals surface area contributed by atoms with Gasteiger partial charge >= 0.3 is 0 Å². The summed E-state index contributed by atoms with van der Waals surface area (Å²) in [5.74, 6) is -1.43. The summed E-state index contributed by atoms with van der Waals surface area (Å²) >= 11 is 0. The monoisotopic (exact) mass is 375 g/mol. The number of aromatic nitrogens is 2. The first-order valence-corrected chi connectivity index (χ1v) is 8.20. The zero-order valence-corrected chi connectivity index (χ0v) is 15.4. The molecule has 2 heterocycles. The van der Waals surface area contributed by atoms with E-state index in [1.54, 1.807) is 23.6 Å². The Morgan fingerprint density at radius 1 is 1.26 bits per heavy atom. The predicted octanol–water partition coefficient (Wildman–Crippen LogP) is 3.44. The first-order chi connectivity index (χ1) is 12.8. The van der Waals surface area contributed by atoms with Gasteiger partial charge in [-0.2, -0.15) is 0 Å². The van der Waals surface area contributed by atoms with Crippen molar-refractivity contribution in [3.8, 4) is 5.75 Å². The Kier molecular flexibility index (Phi) is 5.09. The quantitative estimate of drug-likeness (QED) is 0.641. The van der Waals surface area contributed by atoms with Crippen molar-refractivity contribution in [2.45, 2.75) is 20.5 Å². The van der Waals surface area contributed by atoms with E-state index in [9.17, 15) is 13.6 Å². The van der Waals surface area contributed by atoms with Crippen molar-refractivity contribution in [1.29, 1.82) is 0 Å². The van der Waals surface area contributed by atoms with E-state index in [0.717, 1.165) is 10.6 Å². The first-order valence-electron chi connectivity index (χ1n) is 8.20. The van der Waals surface area contributed by atoms with Crippen LogP contribution in [0.15, 0.2) is 30.5 Å². The van der Waals surface area contributed by atoms with Gasteiger partial charge in [0.25, 0.3) is 5.91 Å². The summed E-state index contributed by atoms with van der Waals surface area (Å²) in [6, 6.07) is 5.34. The van der Waals surface area contributed by atoms with E-state index in [1.165, 1.54) is 32.4 Å². The van der Waals surface area contributed by atoms with Crippen LogP contribution < -0.4 is 4.74 Å². The molecule has 2 aromatic heterocycles. The lowest BCUT2D eigenvalue weighted by atomic mass is 10.2. The van der Waals surface area contributed by atoms with Gasteiger partial charge in [0.1, 0.15) is 23.9 Å². The molecule has 1 aromatic carbocycles. The summed E-state index contributed by atoms with van der Waals surface area (Å²) in [7, 11) is 2.88. The van der Waals surface area contributed by atoms with Crippen LogP contribution in [0.4, 0.5) is 8.78 Å². The fraction of sp³-hybridized carbons (Fsp3) is 0.263. The average Bonchev–Trinajstić information content (AvgIpc) is 2.95. The number of pyridine rings is 1. The van der Waals surface area contributed by atoms with Crippen molar-refractivity contribution >= 4 is 11.6 Å². The summed E-state index contributed by atoms with van der Waals surface area (Å²) in [5, 5.41) is 1.09. The minimum atomic E-state index is -0.684. The number of fused-ring (bicyclic) bond motifs is 1. The number of hydroxylamine groups is 2. The second kappa shape index (κ2) is 7.32. The number of aryl methyl sites for hydroxylation is 2. The Balaban J connectivity index is 2.03. The van der Waals surface area contributed by atoms with Crippen LogP contribution in [0.2, 0.25) is 0 Å². The van der Waals surface area contributed by atoms with E-state index in [4.69, 9.17) is 9.57 Å². The van der Waals surface area contributed by atoms with Crippen molar-refractivity contribution in [2.24, 2.45) is 0 Å². The maximum Gasteiger partial charge on any atom is 0.296 e. The van der Waals surface area contributed by atoms with E-state index in [2.05, 4.69) is 4.98 Å². The maximum absolute atomic E-state index is 13.8. The Labute approximate surface area is 154 Å². The molecular formula is C19H19F2N3O3. The fourth-order valence-electron chi connectivity index (χ4n) is 2.77. The molecule has 0 radical (unpaired) electrons. The predicted molar refractivity (Wildman–Crippen MR) is 94.5 cm³/mol. The Bertz CT molecular complexity index is 997. The van der Waals surface area contributed by atoms with Crippen LogP contribution in [0, 0.1) is 25.5 Å². The zero-order chi connectivity index (χ0) is 19.7. The van der Waals surface area contributed by atoms with E-state index < -0.39 is 11.6 Å². The number of hydrogen-bond donors (Lipinski definition) is 0. The van der Waals surface area contributed by atoms with Crippen LogP contribution in [0.1, 0.15) is 27.3 Å². The Morgan fingerprint density at radius 2 is 1.93 bits per heavy atom. The zero-order valence-electron chi connectivity index (χ0n) is 15.4. The summed E-state index contributed by atoms with van der Waals surface area (Å²) in [5.41, 5.74) is 1.80. The van der Waals surface area contributed by atoms with Crippen LogP contribution in [-0.2, 0) is 11.4 Å². The van der Waals surface area contributed by atoms with E-state index in [0.29, 0.717) is 22.8 Å². The molecule has 142 valence electrons. The number of ether oxygens (including phenoxy) is 1. The lowest BCUT2D eigenvalue weighted by Crippen LogP contribution is -2.27. The van der Waals surface area contributed by atoms with Gasteiger partial charge in [-0.1, -0.05) is 6.07 Å². The Hall–Kier alpha value is -3.00. The highest BCUT2D eigenvalue weighted by Gasteiger charge is 2.22. The van der Waals surface area contributed by atoms with Gasteiger partial charge in [0.2, 0.25) is 0 Å². The number of halogens is 2. The molecule has 0 unspecified atom stereocenters. The summed E-state index contributed by atoms with van der Waals surface area (Å²) in [4.78, 5) is 21.9. The van der Waals surface area contributed by atoms with Gasteiger partial charge < -0.3 is 4.74 Å². The molecule has 0 aliphatic rings. The van der Waals surface area contributed by atoms with Crippen LogP contribution in [0.5, 0.6) is 5.75 Å². The smallest absolute Gasteiger partial charge is 0.296 e. The lowest BCUT2D eigenvalue weighted by Gasteiger charge is -2.14. The van der Waals surface area contributed by atoms with E-state index in [-0.39, 0.29) is 18.1 Å². The van der Waals surface area contributed by atoms with Crippen molar-refractivity contribution < 1.29 is 23.1 Å². The van der Waals surface area contributed by atoms with Crippen LogP contribution >= 0.6 is 0 Å². The number of carbonyl (C=O) groups excluding carboxylic acids is 1. The molecule has 0 N–H and O–H groups in total. The third-order valence-corrected chi connectivity index (χ3v) is 4.19. The van der Waals surface area contributed by atoms with Gasteiger partial charge in [-0.3, -0.25) is 14.0 Å². The molecule has 0 spiro atoms. The van der Waals surface area contributed by atoms with E-state index in [1.807, 2.05) is 6.92 Å². The largest absolute Gasteiger partial charge is 0.485 e. The number of nitrogens with zero attached hydrogens (tertiary/aromatic N) is 3. The van der Waals surface area contributed by atoms with E-state index >= 15 is 0 Å². The second-order valence-corrected chi connectivity index (χ2v) is 6.10. The average molecular weight is 375 g/mol. The van der Waals surface area contributed by atoms with Gasteiger partial charge in [-0.15, -0.1) is 0 Å². The summed E-state index contributed by atoms with van der Waals surface area (Å²) in [6.07, 6.45) is 1.74. The van der Waals surface area contributed by atoms with Crippen molar-refractivity contribution in [3.63, 3.8) is 0 Å². The molecule has 0 saturated heterocycles. The summed E-state index contributed by atoms with van der Waals surface area (Å²) in [6.45, 7) is 3.21. The van der Waals surface area contributed by atoms with Gasteiger partial charge in [-0.05, 0) is 37.6 Å². The highest BCUT2D eigenvalue weighted by atomic mass is 19.1. The minimum absolute atomic E-state index is 0.171. The van der Waals surface area contributed by atoms with Gasteiger partial charge in [0.15, 0.2) is 11.4 Å². The molecule has 0 aliphatic carbocycles. The second-order valence-electron chi connectivity index (χ2n) is 6.10. The SMILES string of the molecule is CON(C)C(=O)c1c(C)nc2c(OCc3c(F)cccc3F)cc(C)cn12. The topological polar surface area (TPSA) is 56.1 Å². The molecule has 27 heavy (non-hydrogen) atoms. The highest BCUT2D eigenvalue weighted by molar-refractivity contribution is 5.94.